The van der Waals surface area contributed by atoms with Gasteiger partial charge in [0.05, 0.1) is 6.20 Å². The van der Waals surface area contributed by atoms with Crippen LogP contribution in [0.15, 0.2) is 36.7 Å². The largest absolute Gasteiger partial charge is 0.353 e. The molecule has 2 aromatic rings. The maximum atomic E-state index is 12.9. The molecule has 1 amide bonds. The first-order valence-corrected chi connectivity index (χ1v) is 6.92. The van der Waals surface area contributed by atoms with Gasteiger partial charge in [-0.25, -0.2) is 9.37 Å². The fourth-order valence-electron chi connectivity index (χ4n) is 2.54. The van der Waals surface area contributed by atoms with Crippen LogP contribution >= 0.6 is 0 Å². The van der Waals surface area contributed by atoms with Crippen molar-refractivity contribution in [1.82, 2.24) is 14.5 Å². The smallest absolute Gasteiger partial charge is 0.270 e. The van der Waals surface area contributed by atoms with Gasteiger partial charge in [-0.15, -0.1) is 0 Å². The van der Waals surface area contributed by atoms with E-state index in [9.17, 15) is 9.18 Å². The second kappa shape index (κ2) is 5.55. The van der Waals surface area contributed by atoms with Crippen molar-refractivity contribution in [3.63, 3.8) is 0 Å². The van der Waals surface area contributed by atoms with Crippen LogP contribution in [-0.4, -0.2) is 46.5 Å². The van der Waals surface area contributed by atoms with E-state index in [1.165, 1.54) is 12.3 Å². The van der Waals surface area contributed by atoms with Crippen molar-refractivity contribution in [2.45, 2.75) is 0 Å². The normalized spacial score (nSPS) is 15.3. The van der Waals surface area contributed by atoms with Crippen molar-refractivity contribution < 1.29 is 9.18 Å². The lowest BCUT2D eigenvalue weighted by molar-refractivity contribution is 0.0737. The number of nitrogens with zero attached hydrogens (tertiary/aromatic N) is 4. The number of hydrogen-bond donors (Lipinski definition) is 0. The number of pyridine rings is 1. The van der Waals surface area contributed by atoms with Crippen LogP contribution in [0.1, 0.15) is 10.5 Å². The molecule has 21 heavy (non-hydrogen) atoms. The summed E-state index contributed by atoms with van der Waals surface area (Å²) in [5, 5.41) is 0. The summed E-state index contributed by atoms with van der Waals surface area (Å²) in [6.07, 6.45) is 3.09. The molecule has 5 nitrogen and oxygen atoms in total. The third-order valence-corrected chi connectivity index (χ3v) is 3.77. The minimum atomic E-state index is -0.337. The first kappa shape index (κ1) is 13.6. The van der Waals surface area contributed by atoms with Gasteiger partial charge in [-0.05, 0) is 24.3 Å². The van der Waals surface area contributed by atoms with Crippen molar-refractivity contribution in [2.75, 3.05) is 31.1 Å². The van der Waals surface area contributed by atoms with Gasteiger partial charge in [0.25, 0.3) is 5.91 Å². The lowest BCUT2D eigenvalue weighted by atomic mass is 10.2. The molecule has 3 heterocycles. The molecule has 1 aliphatic heterocycles. The highest BCUT2D eigenvalue weighted by Gasteiger charge is 2.23. The van der Waals surface area contributed by atoms with Crippen LogP contribution in [0, 0.1) is 5.82 Å². The molecule has 0 N–H and O–H groups in total. The second-order valence-electron chi connectivity index (χ2n) is 5.12. The standard InChI is InChI=1S/C15H17FN4O/c1-18-6-2-3-13(18)15(21)20-9-7-19(8-10-20)14-5-4-12(16)11-17-14/h2-6,11H,7-10H2,1H3. The van der Waals surface area contributed by atoms with Crippen LogP contribution in [0.5, 0.6) is 0 Å². The fourth-order valence-corrected chi connectivity index (χ4v) is 2.54. The molecule has 6 heteroatoms. The zero-order chi connectivity index (χ0) is 14.8. The minimum Gasteiger partial charge on any atom is -0.353 e. The highest BCUT2D eigenvalue weighted by atomic mass is 19.1. The molecule has 0 unspecified atom stereocenters. The van der Waals surface area contributed by atoms with E-state index in [1.807, 2.05) is 34.8 Å². The Kier molecular flexibility index (Phi) is 3.60. The van der Waals surface area contributed by atoms with Crippen LogP contribution in [0.3, 0.4) is 0 Å². The summed E-state index contributed by atoms with van der Waals surface area (Å²) in [5.74, 6) is 0.466. The van der Waals surface area contributed by atoms with Crippen LogP contribution in [0.4, 0.5) is 10.2 Å². The molecule has 1 fully saturated rings. The van der Waals surface area contributed by atoms with Crippen LogP contribution in [-0.2, 0) is 7.05 Å². The predicted octanol–water partition coefficient (Wildman–Crippen LogP) is 1.52. The number of aryl methyl sites for hydroxylation is 1. The van der Waals surface area contributed by atoms with E-state index in [2.05, 4.69) is 9.88 Å². The molecular weight excluding hydrogens is 271 g/mol. The SMILES string of the molecule is Cn1cccc1C(=O)N1CCN(c2ccc(F)cn2)CC1. The van der Waals surface area contributed by atoms with Crippen molar-refractivity contribution >= 4 is 11.7 Å². The Morgan fingerprint density at radius 2 is 1.95 bits per heavy atom. The summed E-state index contributed by atoms with van der Waals surface area (Å²) in [5.41, 5.74) is 0.698. The van der Waals surface area contributed by atoms with Gasteiger partial charge in [0.15, 0.2) is 0 Å². The molecule has 0 saturated carbocycles. The Hall–Kier alpha value is -2.37. The Morgan fingerprint density at radius 3 is 2.52 bits per heavy atom. The molecule has 0 aromatic carbocycles. The Morgan fingerprint density at radius 1 is 1.19 bits per heavy atom. The zero-order valence-electron chi connectivity index (χ0n) is 11.9. The molecule has 0 bridgehead atoms. The minimum absolute atomic E-state index is 0.0502. The molecular formula is C15H17FN4O. The molecule has 0 radical (unpaired) electrons. The Balaban J connectivity index is 1.64. The van der Waals surface area contributed by atoms with Gasteiger partial charge in [-0.1, -0.05) is 0 Å². The molecule has 0 spiro atoms. The summed E-state index contributed by atoms with van der Waals surface area (Å²) >= 11 is 0. The van der Waals surface area contributed by atoms with Crippen molar-refractivity contribution in [1.29, 1.82) is 0 Å². The zero-order valence-corrected chi connectivity index (χ0v) is 11.9. The number of carbonyl (C=O) groups is 1. The first-order chi connectivity index (χ1) is 10.1. The van der Waals surface area contributed by atoms with Crippen molar-refractivity contribution in [3.8, 4) is 0 Å². The summed E-state index contributed by atoms with van der Waals surface area (Å²) in [7, 11) is 1.87. The average Bonchev–Trinajstić information content (AvgIpc) is 2.94. The van der Waals surface area contributed by atoms with E-state index in [4.69, 9.17) is 0 Å². The van der Waals surface area contributed by atoms with Gasteiger partial charge in [-0.2, -0.15) is 0 Å². The Bertz CT molecular complexity index is 629. The van der Waals surface area contributed by atoms with Crippen molar-refractivity contribution in [3.05, 3.63) is 48.2 Å². The second-order valence-corrected chi connectivity index (χ2v) is 5.12. The van der Waals surface area contributed by atoms with E-state index in [0.29, 0.717) is 31.9 Å². The van der Waals surface area contributed by atoms with Crippen LogP contribution in [0.25, 0.3) is 0 Å². The number of carbonyl (C=O) groups excluding carboxylic acids is 1. The monoisotopic (exact) mass is 288 g/mol. The quantitative estimate of drug-likeness (QED) is 0.841. The number of rotatable bonds is 2. The fraction of sp³-hybridized carbons (Fsp3) is 0.333. The third kappa shape index (κ3) is 2.74. The molecule has 1 saturated heterocycles. The topological polar surface area (TPSA) is 41.4 Å². The average molecular weight is 288 g/mol. The summed E-state index contributed by atoms with van der Waals surface area (Å²) < 4.78 is 14.7. The van der Waals surface area contributed by atoms with E-state index < -0.39 is 0 Å². The predicted molar refractivity (Wildman–Crippen MR) is 77.7 cm³/mol. The number of halogens is 1. The summed E-state index contributed by atoms with van der Waals surface area (Å²) in [6, 6.07) is 6.77. The maximum absolute atomic E-state index is 12.9. The lowest BCUT2D eigenvalue weighted by Crippen LogP contribution is -2.49. The molecule has 3 rings (SSSR count). The van der Waals surface area contributed by atoms with Crippen LogP contribution < -0.4 is 4.90 Å². The number of aromatic nitrogens is 2. The van der Waals surface area contributed by atoms with Crippen LogP contribution in [0.2, 0.25) is 0 Å². The number of anilines is 1. The third-order valence-electron chi connectivity index (χ3n) is 3.77. The molecule has 1 aliphatic rings. The van der Waals surface area contributed by atoms with Gasteiger partial charge in [0.2, 0.25) is 0 Å². The number of amides is 1. The molecule has 0 atom stereocenters. The lowest BCUT2D eigenvalue weighted by Gasteiger charge is -2.35. The molecule has 0 aliphatic carbocycles. The van der Waals surface area contributed by atoms with E-state index in [0.717, 1.165) is 5.82 Å². The number of hydrogen-bond acceptors (Lipinski definition) is 3. The van der Waals surface area contributed by atoms with Gasteiger partial charge in [0, 0.05) is 39.4 Å². The summed E-state index contributed by atoms with van der Waals surface area (Å²) in [4.78, 5) is 20.4. The summed E-state index contributed by atoms with van der Waals surface area (Å²) in [6.45, 7) is 2.69. The highest BCUT2D eigenvalue weighted by Crippen LogP contribution is 2.15. The van der Waals surface area contributed by atoms with E-state index in [1.54, 1.807) is 6.07 Å². The highest BCUT2D eigenvalue weighted by molar-refractivity contribution is 5.92. The maximum Gasteiger partial charge on any atom is 0.270 e. The first-order valence-electron chi connectivity index (χ1n) is 6.92. The van der Waals surface area contributed by atoms with Gasteiger partial charge in [0.1, 0.15) is 17.3 Å². The van der Waals surface area contributed by atoms with Gasteiger partial charge >= 0.3 is 0 Å². The van der Waals surface area contributed by atoms with E-state index >= 15 is 0 Å². The molecule has 110 valence electrons. The molecule has 2 aromatic heterocycles. The van der Waals surface area contributed by atoms with Gasteiger partial charge < -0.3 is 14.4 Å². The Labute approximate surface area is 122 Å². The van der Waals surface area contributed by atoms with E-state index in [-0.39, 0.29) is 11.7 Å². The van der Waals surface area contributed by atoms with Crippen molar-refractivity contribution in [2.24, 2.45) is 7.05 Å². The number of piperazine rings is 1. The van der Waals surface area contributed by atoms with Gasteiger partial charge in [-0.3, -0.25) is 4.79 Å².